The van der Waals surface area contributed by atoms with Gasteiger partial charge in [-0.2, -0.15) is 0 Å². The Morgan fingerprint density at radius 2 is 1.20 bits per heavy atom. The number of nitrogens with one attached hydrogen (secondary N) is 2. The number of rotatable bonds is 10. The van der Waals surface area contributed by atoms with Crippen LogP contribution in [0.25, 0.3) is 0 Å². The zero-order valence-electron chi connectivity index (χ0n) is 18.8. The van der Waals surface area contributed by atoms with Gasteiger partial charge in [-0.25, -0.2) is 9.59 Å². The molecule has 5 N–H and O–H groups in total. The van der Waals surface area contributed by atoms with E-state index in [0.717, 1.165) is 5.56 Å². The van der Waals surface area contributed by atoms with Crippen molar-refractivity contribution >= 4 is 18.0 Å². The molecule has 0 radical (unpaired) electrons. The minimum Gasteiger partial charge on any atom is -0.508 e. The van der Waals surface area contributed by atoms with Gasteiger partial charge in [0, 0.05) is 12.8 Å². The molecule has 35 heavy (non-hydrogen) atoms. The molecule has 3 aromatic carbocycles. The van der Waals surface area contributed by atoms with Crippen LogP contribution in [0.4, 0.5) is 4.79 Å². The zero-order valence-corrected chi connectivity index (χ0v) is 18.8. The van der Waals surface area contributed by atoms with Crippen molar-refractivity contribution < 1.29 is 34.4 Å². The van der Waals surface area contributed by atoms with Gasteiger partial charge in [0.15, 0.2) is 0 Å². The Balaban J connectivity index is 1.70. The summed E-state index contributed by atoms with van der Waals surface area (Å²) in [6.45, 7) is -0.00117. The number of ether oxygens (including phenoxy) is 1. The molecule has 2 amide bonds. The average Bonchev–Trinajstić information content (AvgIpc) is 2.85. The van der Waals surface area contributed by atoms with Crippen LogP contribution in [0.1, 0.15) is 16.7 Å². The van der Waals surface area contributed by atoms with Crippen molar-refractivity contribution in [1.82, 2.24) is 10.6 Å². The summed E-state index contributed by atoms with van der Waals surface area (Å²) in [6.07, 6.45) is -0.817. The van der Waals surface area contributed by atoms with Crippen molar-refractivity contribution in [1.29, 1.82) is 0 Å². The van der Waals surface area contributed by atoms with Gasteiger partial charge < -0.3 is 30.7 Å². The van der Waals surface area contributed by atoms with E-state index in [1.807, 2.05) is 6.07 Å². The first-order valence-corrected chi connectivity index (χ1v) is 10.9. The fourth-order valence-corrected chi connectivity index (χ4v) is 3.32. The lowest BCUT2D eigenvalue weighted by atomic mass is 10.0. The number of phenolic OH excluding ortho intramolecular Hbond substituents is 2. The van der Waals surface area contributed by atoms with Crippen LogP contribution >= 0.6 is 0 Å². The molecule has 9 nitrogen and oxygen atoms in total. The van der Waals surface area contributed by atoms with E-state index in [9.17, 15) is 29.7 Å². The summed E-state index contributed by atoms with van der Waals surface area (Å²) in [7, 11) is 0. The molecular weight excluding hydrogens is 452 g/mol. The van der Waals surface area contributed by atoms with E-state index in [-0.39, 0.29) is 30.9 Å². The number of aromatic hydroxyl groups is 2. The van der Waals surface area contributed by atoms with Crippen LogP contribution in [0.3, 0.4) is 0 Å². The largest absolute Gasteiger partial charge is 0.508 e. The van der Waals surface area contributed by atoms with Crippen molar-refractivity contribution in [2.24, 2.45) is 0 Å². The predicted molar refractivity (Wildman–Crippen MR) is 127 cm³/mol. The maximum atomic E-state index is 13.0. The van der Waals surface area contributed by atoms with E-state index >= 15 is 0 Å². The first-order chi connectivity index (χ1) is 16.8. The molecule has 0 unspecified atom stereocenters. The number of aliphatic carboxylic acids is 1. The maximum Gasteiger partial charge on any atom is 0.408 e. The molecule has 0 bridgehead atoms. The van der Waals surface area contributed by atoms with Gasteiger partial charge in [0.1, 0.15) is 30.2 Å². The van der Waals surface area contributed by atoms with Crippen molar-refractivity contribution in [3.05, 3.63) is 95.6 Å². The fraction of sp³-hybridized carbons (Fsp3) is 0.192. The van der Waals surface area contributed by atoms with Crippen molar-refractivity contribution in [2.45, 2.75) is 31.5 Å². The second kappa shape index (κ2) is 12.1. The first kappa shape index (κ1) is 25.1. The molecule has 9 heteroatoms. The van der Waals surface area contributed by atoms with Crippen LogP contribution in [-0.2, 0) is 33.8 Å². The highest BCUT2D eigenvalue weighted by Gasteiger charge is 2.27. The lowest BCUT2D eigenvalue weighted by Crippen LogP contribution is -2.53. The molecule has 3 aromatic rings. The number of carboxylic acids is 1. The van der Waals surface area contributed by atoms with Crippen LogP contribution in [0.2, 0.25) is 0 Å². The molecule has 182 valence electrons. The molecule has 0 aliphatic carbocycles. The van der Waals surface area contributed by atoms with E-state index in [1.165, 1.54) is 24.3 Å². The number of phenols is 2. The van der Waals surface area contributed by atoms with Crippen LogP contribution in [0.15, 0.2) is 78.9 Å². The molecule has 0 aromatic heterocycles. The van der Waals surface area contributed by atoms with Gasteiger partial charge in [-0.05, 0) is 41.0 Å². The quantitative estimate of drug-likeness (QED) is 0.301. The number of carbonyl (C=O) groups excluding carboxylic acids is 2. The normalized spacial score (nSPS) is 12.2. The Bertz CT molecular complexity index is 1130. The smallest absolute Gasteiger partial charge is 0.408 e. The molecular formula is C26H26N2O7. The highest BCUT2D eigenvalue weighted by Crippen LogP contribution is 2.14. The molecule has 0 saturated carbocycles. The Kier molecular flexibility index (Phi) is 8.66. The summed E-state index contributed by atoms with van der Waals surface area (Å²) in [6, 6.07) is 18.7. The van der Waals surface area contributed by atoms with Crippen molar-refractivity contribution in [3.8, 4) is 11.5 Å². The summed E-state index contributed by atoms with van der Waals surface area (Å²) >= 11 is 0. The summed E-state index contributed by atoms with van der Waals surface area (Å²) in [5, 5.41) is 33.5. The topological polar surface area (TPSA) is 145 Å². The molecule has 0 aliphatic rings. The van der Waals surface area contributed by atoms with Gasteiger partial charge in [0.05, 0.1) is 0 Å². The van der Waals surface area contributed by atoms with E-state index < -0.39 is 30.1 Å². The molecule has 0 heterocycles. The minimum absolute atomic E-state index is 0.00117. The Morgan fingerprint density at radius 1 is 0.686 bits per heavy atom. The Hall–Kier alpha value is -4.53. The lowest BCUT2D eigenvalue weighted by molar-refractivity contribution is -0.142. The SMILES string of the molecule is O=C(N[C@@H](Cc1ccc(O)cc1)C(=O)N[C@@H](Cc1ccc(O)cc1)C(=O)O)OCc1ccccc1. The van der Waals surface area contributed by atoms with E-state index in [4.69, 9.17) is 4.74 Å². The molecule has 0 saturated heterocycles. The summed E-state index contributed by atoms with van der Waals surface area (Å²) < 4.78 is 5.21. The fourth-order valence-electron chi connectivity index (χ4n) is 3.32. The minimum atomic E-state index is -1.27. The molecule has 0 aliphatic heterocycles. The zero-order chi connectivity index (χ0) is 25.2. The lowest BCUT2D eigenvalue weighted by Gasteiger charge is -2.21. The van der Waals surface area contributed by atoms with Crippen LogP contribution < -0.4 is 10.6 Å². The maximum absolute atomic E-state index is 13.0. The highest BCUT2D eigenvalue weighted by atomic mass is 16.5. The van der Waals surface area contributed by atoms with Gasteiger partial charge in [0.2, 0.25) is 5.91 Å². The van der Waals surface area contributed by atoms with Crippen molar-refractivity contribution in [2.75, 3.05) is 0 Å². The van der Waals surface area contributed by atoms with Gasteiger partial charge in [0.25, 0.3) is 0 Å². The number of carbonyl (C=O) groups is 3. The van der Waals surface area contributed by atoms with E-state index in [2.05, 4.69) is 10.6 Å². The summed E-state index contributed by atoms with van der Waals surface area (Å²) in [5.74, 6) is -1.87. The number of amides is 2. The highest BCUT2D eigenvalue weighted by molar-refractivity contribution is 5.89. The van der Waals surface area contributed by atoms with Gasteiger partial charge in [-0.15, -0.1) is 0 Å². The number of benzene rings is 3. The summed E-state index contributed by atoms with van der Waals surface area (Å²) in [5.41, 5.74) is 2.00. The average molecular weight is 479 g/mol. The monoisotopic (exact) mass is 478 g/mol. The number of alkyl carbamates (subject to hydrolysis) is 1. The Labute approximate surface area is 202 Å². The Morgan fingerprint density at radius 3 is 1.71 bits per heavy atom. The molecule has 3 rings (SSSR count). The third kappa shape index (κ3) is 8.08. The molecule has 0 fully saturated rings. The van der Waals surface area contributed by atoms with Crippen LogP contribution in [0, 0.1) is 0 Å². The van der Waals surface area contributed by atoms with E-state index in [1.54, 1.807) is 48.5 Å². The molecule has 0 spiro atoms. The standard InChI is InChI=1S/C26H26N2O7/c29-20-10-6-17(7-11-20)14-22(28-26(34)35-16-19-4-2-1-3-5-19)24(31)27-23(25(32)33)15-18-8-12-21(30)13-9-18/h1-13,22-23,29-30H,14-16H2,(H,27,31)(H,28,34)(H,32,33)/t22-,23-/m0/s1. The summed E-state index contributed by atoms with van der Waals surface area (Å²) in [4.78, 5) is 37.3. The molecule has 2 atom stereocenters. The number of carboxylic acid groups (broad SMARTS) is 1. The third-order valence-electron chi connectivity index (χ3n) is 5.19. The first-order valence-electron chi connectivity index (χ1n) is 10.9. The van der Waals surface area contributed by atoms with Gasteiger partial charge in [-0.1, -0.05) is 54.6 Å². The van der Waals surface area contributed by atoms with Gasteiger partial charge in [-0.3, -0.25) is 4.79 Å². The van der Waals surface area contributed by atoms with E-state index in [0.29, 0.717) is 11.1 Å². The van der Waals surface area contributed by atoms with Crippen molar-refractivity contribution in [3.63, 3.8) is 0 Å². The number of hydrogen-bond acceptors (Lipinski definition) is 6. The third-order valence-corrected chi connectivity index (χ3v) is 5.19. The second-order valence-electron chi connectivity index (χ2n) is 7.90. The number of hydrogen-bond donors (Lipinski definition) is 5. The van der Waals surface area contributed by atoms with Gasteiger partial charge >= 0.3 is 12.1 Å². The van der Waals surface area contributed by atoms with Crippen LogP contribution in [0.5, 0.6) is 11.5 Å². The predicted octanol–water partition coefficient (Wildman–Crippen LogP) is 2.75. The van der Waals surface area contributed by atoms with Crippen LogP contribution in [-0.4, -0.2) is 45.4 Å². The second-order valence-corrected chi connectivity index (χ2v) is 7.90.